The monoisotopic (exact) mass is 253 g/mol. The highest BCUT2D eigenvalue weighted by Gasteiger charge is 2.17. The fraction of sp³-hybridized carbons (Fsp3) is 0.462. The Morgan fingerprint density at radius 2 is 2.06 bits per heavy atom. The van der Waals surface area contributed by atoms with Crippen molar-refractivity contribution in [2.75, 3.05) is 20.2 Å². The highest BCUT2D eigenvalue weighted by atomic mass is 32.2. The molecule has 17 heavy (non-hydrogen) atoms. The smallest absolute Gasteiger partial charge is 0.235 e. The van der Waals surface area contributed by atoms with Crippen LogP contribution in [0.1, 0.15) is 12.5 Å². The molecule has 1 rings (SSSR count). The molecule has 1 aromatic carbocycles. The molecule has 0 bridgehead atoms. The fourth-order valence-corrected chi connectivity index (χ4v) is 2.39. The first-order valence-electron chi connectivity index (χ1n) is 5.66. The van der Waals surface area contributed by atoms with Crippen molar-refractivity contribution in [2.24, 2.45) is 0 Å². The first-order chi connectivity index (χ1) is 8.15. The molecule has 1 N–H and O–H groups in total. The predicted octanol–water partition coefficient (Wildman–Crippen LogP) is 1.76. The Morgan fingerprint density at radius 1 is 1.41 bits per heavy atom. The summed E-state index contributed by atoms with van der Waals surface area (Å²) in [5.41, 5.74) is 1.22. The molecule has 94 valence electrons. The van der Waals surface area contributed by atoms with Gasteiger partial charge in [0.2, 0.25) is 5.91 Å². The quantitative estimate of drug-likeness (QED) is 0.840. The summed E-state index contributed by atoms with van der Waals surface area (Å²) in [6.45, 7) is 2.32. The Morgan fingerprint density at radius 3 is 2.65 bits per heavy atom. The van der Waals surface area contributed by atoms with Crippen LogP contribution in [0.2, 0.25) is 0 Å². The molecule has 0 aliphatic heterocycles. The lowest BCUT2D eigenvalue weighted by molar-refractivity contribution is -0.129. The number of hydrogen-bond donors (Lipinski definition) is 1. The highest BCUT2D eigenvalue weighted by Crippen LogP contribution is 2.18. The summed E-state index contributed by atoms with van der Waals surface area (Å²) < 4.78 is 0. The summed E-state index contributed by atoms with van der Waals surface area (Å²) >= 11 is 1.62. The number of benzene rings is 1. The number of carbonyl (C=O) groups excluding carboxylic acids is 1. The number of hydrogen-bond acceptors (Lipinski definition) is 3. The van der Waals surface area contributed by atoms with Crippen LogP contribution >= 0.6 is 11.8 Å². The molecular formula is C13H19NO2S. The van der Waals surface area contributed by atoms with Crippen molar-refractivity contribution in [2.45, 2.75) is 17.9 Å². The lowest BCUT2D eigenvalue weighted by atomic mass is 10.2. The van der Waals surface area contributed by atoms with Gasteiger partial charge in [0.1, 0.15) is 0 Å². The number of carbonyl (C=O) groups is 1. The topological polar surface area (TPSA) is 40.5 Å². The van der Waals surface area contributed by atoms with Crippen molar-refractivity contribution in [1.29, 1.82) is 0 Å². The molecule has 0 saturated heterocycles. The third-order valence-electron chi connectivity index (χ3n) is 2.50. The van der Waals surface area contributed by atoms with Gasteiger partial charge in [0.05, 0.1) is 11.9 Å². The average molecular weight is 253 g/mol. The summed E-state index contributed by atoms with van der Waals surface area (Å²) in [5.74, 6) is 0.903. The van der Waals surface area contributed by atoms with Crippen molar-refractivity contribution in [3.8, 4) is 0 Å². The van der Waals surface area contributed by atoms with Gasteiger partial charge in [-0.2, -0.15) is 0 Å². The van der Waals surface area contributed by atoms with Crippen molar-refractivity contribution in [1.82, 2.24) is 4.90 Å². The number of amides is 1. The zero-order chi connectivity index (χ0) is 12.7. The normalized spacial score (nSPS) is 12.2. The first-order valence-corrected chi connectivity index (χ1v) is 6.71. The summed E-state index contributed by atoms with van der Waals surface area (Å²) in [5, 5.41) is 8.70. The molecule has 0 heterocycles. The third-order valence-corrected chi connectivity index (χ3v) is 3.70. The maximum atomic E-state index is 11.8. The molecule has 0 aromatic heterocycles. The van der Waals surface area contributed by atoms with E-state index in [1.165, 1.54) is 5.56 Å². The van der Waals surface area contributed by atoms with Crippen LogP contribution in [0.15, 0.2) is 30.3 Å². The number of aliphatic hydroxyl groups excluding tert-OH is 1. The van der Waals surface area contributed by atoms with Crippen LogP contribution < -0.4 is 0 Å². The minimum absolute atomic E-state index is 0.0122. The van der Waals surface area contributed by atoms with Gasteiger partial charge in [-0.3, -0.25) is 4.79 Å². The summed E-state index contributed by atoms with van der Waals surface area (Å²) in [6, 6.07) is 10.1. The third kappa shape index (κ3) is 4.79. The van der Waals surface area contributed by atoms with E-state index in [2.05, 4.69) is 12.1 Å². The van der Waals surface area contributed by atoms with E-state index in [1.807, 2.05) is 25.1 Å². The minimum Gasteiger partial charge on any atom is -0.395 e. The van der Waals surface area contributed by atoms with Gasteiger partial charge in [0.15, 0.2) is 0 Å². The molecule has 0 saturated carbocycles. The van der Waals surface area contributed by atoms with E-state index in [0.29, 0.717) is 6.54 Å². The lowest BCUT2D eigenvalue weighted by Gasteiger charge is -2.20. The summed E-state index contributed by atoms with van der Waals surface area (Å²) in [6.07, 6.45) is 0. The van der Waals surface area contributed by atoms with Crippen molar-refractivity contribution in [3.63, 3.8) is 0 Å². The van der Waals surface area contributed by atoms with Gasteiger partial charge < -0.3 is 10.0 Å². The molecule has 1 amide bonds. The largest absolute Gasteiger partial charge is 0.395 e. The number of nitrogens with zero attached hydrogens (tertiary/aromatic N) is 1. The lowest BCUT2D eigenvalue weighted by Crippen LogP contribution is -2.35. The SMILES string of the molecule is CC(SCc1ccccc1)C(=O)N(C)CCO. The molecule has 0 aliphatic carbocycles. The van der Waals surface area contributed by atoms with Crippen LogP contribution in [-0.2, 0) is 10.5 Å². The van der Waals surface area contributed by atoms with Crippen LogP contribution in [-0.4, -0.2) is 41.4 Å². The van der Waals surface area contributed by atoms with Crippen molar-refractivity contribution in [3.05, 3.63) is 35.9 Å². The Bertz CT molecular complexity index is 343. The van der Waals surface area contributed by atoms with Gasteiger partial charge in [0, 0.05) is 19.3 Å². The van der Waals surface area contributed by atoms with Gasteiger partial charge in [0.25, 0.3) is 0 Å². The number of rotatable bonds is 6. The Balaban J connectivity index is 2.39. The highest BCUT2D eigenvalue weighted by molar-refractivity contribution is 7.99. The molecular weight excluding hydrogens is 234 g/mol. The van der Waals surface area contributed by atoms with E-state index in [9.17, 15) is 4.79 Å². The zero-order valence-electron chi connectivity index (χ0n) is 10.3. The van der Waals surface area contributed by atoms with Crippen molar-refractivity contribution >= 4 is 17.7 Å². The predicted molar refractivity (Wildman–Crippen MR) is 71.9 cm³/mol. The van der Waals surface area contributed by atoms with E-state index < -0.39 is 0 Å². The standard InChI is InChI=1S/C13H19NO2S/c1-11(13(16)14(2)8-9-15)17-10-12-6-4-3-5-7-12/h3-7,11,15H,8-10H2,1-2H3. The van der Waals surface area contributed by atoms with Gasteiger partial charge in [-0.05, 0) is 12.5 Å². The minimum atomic E-state index is -0.0771. The van der Waals surface area contributed by atoms with Crippen molar-refractivity contribution < 1.29 is 9.90 Å². The summed E-state index contributed by atoms with van der Waals surface area (Å²) in [4.78, 5) is 13.4. The maximum absolute atomic E-state index is 11.8. The van der Waals surface area contributed by atoms with E-state index in [0.717, 1.165) is 5.75 Å². The molecule has 0 radical (unpaired) electrons. The van der Waals surface area contributed by atoms with Crippen LogP contribution in [0.3, 0.4) is 0 Å². The van der Waals surface area contributed by atoms with Crippen LogP contribution in [0.5, 0.6) is 0 Å². The molecule has 3 nitrogen and oxygen atoms in total. The fourth-order valence-electron chi connectivity index (χ4n) is 1.44. The number of thioether (sulfide) groups is 1. The summed E-state index contributed by atoms with van der Waals surface area (Å²) in [7, 11) is 1.72. The van der Waals surface area contributed by atoms with Crippen LogP contribution in [0, 0.1) is 0 Å². The molecule has 4 heteroatoms. The average Bonchev–Trinajstić information content (AvgIpc) is 2.36. The van der Waals surface area contributed by atoms with E-state index >= 15 is 0 Å². The van der Waals surface area contributed by atoms with Crippen LogP contribution in [0.25, 0.3) is 0 Å². The molecule has 0 aliphatic rings. The number of aliphatic hydroxyl groups is 1. The zero-order valence-corrected chi connectivity index (χ0v) is 11.1. The molecule has 1 atom stereocenters. The molecule has 0 spiro atoms. The Labute approximate surface area is 107 Å². The molecule has 0 fully saturated rings. The Hall–Kier alpha value is -1.00. The Kier molecular flexibility index (Phi) is 6.08. The molecule has 1 aromatic rings. The van der Waals surface area contributed by atoms with Gasteiger partial charge >= 0.3 is 0 Å². The molecule has 1 unspecified atom stereocenters. The second-order valence-electron chi connectivity index (χ2n) is 3.92. The second kappa shape index (κ2) is 7.35. The van der Waals surface area contributed by atoms with E-state index in [1.54, 1.807) is 23.7 Å². The van der Waals surface area contributed by atoms with Gasteiger partial charge in [-0.1, -0.05) is 30.3 Å². The second-order valence-corrected chi connectivity index (χ2v) is 5.25. The van der Waals surface area contributed by atoms with Gasteiger partial charge in [-0.25, -0.2) is 0 Å². The van der Waals surface area contributed by atoms with E-state index in [-0.39, 0.29) is 17.8 Å². The van der Waals surface area contributed by atoms with Gasteiger partial charge in [-0.15, -0.1) is 11.8 Å². The van der Waals surface area contributed by atoms with Crippen LogP contribution in [0.4, 0.5) is 0 Å². The maximum Gasteiger partial charge on any atom is 0.235 e. The van der Waals surface area contributed by atoms with E-state index in [4.69, 9.17) is 5.11 Å². The first kappa shape index (κ1) is 14.1. The number of likely N-dealkylation sites (N-methyl/N-ethyl adjacent to an activating group) is 1.